The zero-order chi connectivity index (χ0) is 14.5. The Hall–Kier alpha value is -1.90. The van der Waals surface area contributed by atoms with Crippen molar-refractivity contribution in [2.24, 2.45) is 0 Å². The van der Waals surface area contributed by atoms with E-state index in [0.717, 1.165) is 15.6 Å². The normalized spacial score (nSPS) is 11.7. The maximum Gasteiger partial charge on any atom is 0.140 e. The average molecular weight is 333 g/mol. The predicted octanol–water partition coefficient (Wildman–Crippen LogP) is 3.35. The lowest BCUT2D eigenvalue weighted by Crippen LogP contribution is -2.01. The van der Waals surface area contributed by atoms with E-state index >= 15 is 0 Å². The molecule has 0 radical (unpaired) electrons. The number of nitriles is 1. The van der Waals surface area contributed by atoms with Crippen molar-refractivity contribution < 1.29 is 9.84 Å². The molecule has 0 fully saturated rings. The van der Waals surface area contributed by atoms with Crippen molar-refractivity contribution in [3.8, 4) is 11.8 Å². The van der Waals surface area contributed by atoms with Crippen LogP contribution in [0.2, 0.25) is 0 Å². The van der Waals surface area contributed by atoms with Gasteiger partial charge in [0.15, 0.2) is 0 Å². The molecule has 0 aliphatic rings. The average Bonchev–Trinajstić information content (AvgIpc) is 2.45. The van der Waals surface area contributed by atoms with Gasteiger partial charge < -0.3 is 9.84 Å². The summed E-state index contributed by atoms with van der Waals surface area (Å²) in [5.41, 5.74) is 1.94. The highest BCUT2D eigenvalue weighted by molar-refractivity contribution is 9.10. The fourth-order valence-electron chi connectivity index (χ4n) is 1.76. The van der Waals surface area contributed by atoms with Crippen molar-refractivity contribution in [2.45, 2.75) is 19.6 Å². The molecule has 1 aromatic carbocycles. The molecule has 0 unspecified atom stereocenters. The van der Waals surface area contributed by atoms with Gasteiger partial charge in [0.2, 0.25) is 0 Å². The Morgan fingerprint density at radius 1 is 1.40 bits per heavy atom. The van der Waals surface area contributed by atoms with Crippen LogP contribution in [0.15, 0.2) is 41.0 Å². The first kappa shape index (κ1) is 14.5. The minimum absolute atomic E-state index is 0.313. The van der Waals surface area contributed by atoms with Crippen LogP contribution < -0.4 is 4.74 Å². The molecule has 1 aromatic heterocycles. The van der Waals surface area contributed by atoms with Crippen LogP contribution in [-0.2, 0) is 6.61 Å². The maximum absolute atomic E-state index is 9.73. The molecule has 2 aromatic rings. The third-order valence-electron chi connectivity index (χ3n) is 2.76. The number of hydrogen-bond acceptors (Lipinski definition) is 4. The second-order valence-corrected chi connectivity index (χ2v) is 5.22. The van der Waals surface area contributed by atoms with Gasteiger partial charge in [0, 0.05) is 16.2 Å². The standard InChI is InChI=1S/C15H13BrN2O2/c1-10(19)14-3-2-12(16)7-15(14)20-9-11-4-5-18-13(6-11)8-17/h2-7,10,19H,9H2,1H3/t10-/m1/s1. The first-order valence-electron chi connectivity index (χ1n) is 6.05. The molecular weight excluding hydrogens is 320 g/mol. The van der Waals surface area contributed by atoms with Crippen LogP contribution in [0, 0.1) is 11.3 Å². The van der Waals surface area contributed by atoms with Gasteiger partial charge >= 0.3 is 0 Å². The Morgan fingerprint density at radius 2 is 2.20 bits per heavy atom. The van der Waals surface area contributed by atoms with E-state index in [1.807, 2.05) is 24.3 Å². The van der Waals surface area contributed by atoms with Gasteiger partial charge in [-0.05, 0) is 36.8 Å². The van der Waals surface area contributed by atoms with Crippen molar-refractivity contribution in [1.29, 1.82) is 5.26 Å². The zero-order valence-electron chi connectivity index (χ0n) is 10.9. The van der Waals surface area contributed by atoms with Gasteiger partial charge in [-0.25, -0.2) is 4.98 Å². The summed E-state index contributed by atoms with van der Waals surface area (Å²) in [6.45, 7) is 2.00. The smallest absolute Gasteiger partial charge is 0.140 e. The zero-order valence-corrected chi connectivity index (χ0v) is 12.5. The van der Waals surface area contributed by atoms with Crippen LogP contribution in [0.4, 0.5) is 0 Å². The number of hydrogen-bond donors (Lipinski definition) is 1. The first-order valence-corrected chi connectivity index (χ1v) is 6.85. The Morgan fingerprint density at radius 3 is 2.90 bits per heavy atom. The van der Waals surface area contributed by atoms with E-state index < -0.39 is 6.10 Å². The molecule has 0 saturated carbocycles. The molecule has 0 amide bonds. The number of halogens is 1. The highest BCUT2D eigenvalue weighted by Gasteiger charge is 2.10. The van der Waals surface area contributed by atoms with Crippen molar-refractivity contribution in [1.82, 2.24) is 4.98 Å². The van der Waals surface area contributed by atoms with Crippen molar-refractivity contribution in [3.63, 3.8) is 0 Å². The summed E-state index contributed by atoms with van der Waals surface area (Å²) in [6, 6.07) is 11.0. The molecule has 0 spiro atoms. The van der Waals surface area contributed by atoms with Crippen LogP contribution in [0.5, 0.6) is 5.75 Å². The lowest BCUT2D eigenvalue weighted by atomic mass is 10.1. The van der Waals surface area contributed by atoms with Crippen LogP contribution in [0.1, 0.15) is 29.8 Å². The molecule has 1 atom stereocenters. The third kappa shape index (κ3) is 3.56. The van der Waals surface area contributed by atoms with Crippen LogP contribution >= 0.6 is 15.9 Å². The lowest BCUT2D eigenvalue weighted by molar-refractivity contribution is 0.190. The summed E-state index contributed by atoms with van der Waals surface area (Å²) < 4.78 is 6.62. The number of benzene rings is 1. The second-order valence-electron chi connectivity index (χ2n) is 4.31. The molecule has 0 bridgehead atoms. The van der Waals surface area contributed by atoms with Gasteiger partial charge in [0.25, 0.3) is 0 Å². The highest BCUT2D eigenvalue weighted by Crippen LogP contribution is 2.29. The summed E-state index contributed by atoms with van der Waals surface area (Å²) in [4.78, 5) is 3.91. The van der Waals surface area contributed by atoms with Gasteiger partial charge in [-0.2, -0.15) is 5.26 Å². The Kier molecular flexibility index (Phi) is 4.72. The summed E-state index contributed by atoms with van der Waals surface area (Å²) in [7, 11) is 0. The number of ether oxygens (including phenoxy) is 1. The summed E-state index contributed by atoms with van der Waals surface area (Å²) in [5.74, 6) is 0.615. The van der Waals surface area contributed by atoms with E-state index in [1.54, 1.807) is 25.3 Å². The summed E-state index contributed by atoms with van der Waals surface area (Å²) in [5, 5.41) is 18.5. The molecule has 1 heterocycles. The summed E-state index contributed by atoms with van der Waals surface area (Å²) in [6.07, 6.45) is 0.971. The number of aliphatic hydroxyl groups excluding tert-OH is 1. The molecule has 20 heavy (non-hydrogen) atoms. The van der Waals surface area contributed by atoms with Gasteiger partial charge in [-0.1, -0.05) is 22.0 Å². The van der Waals surface area contributed by atoms with E-state index in [-0.39, 0.29) is 0 Å². The van der Waals surface area contributed by atoms with Gasteiger partial charge in [-0.15, -0.1) is 0 Å². The van der Waals surface area contributed by atoms with E-state index in [9.17, 15) is 5.11 Å². The topological polar surface area (TPSA) is 66.1 Å². The number of rotatable bonds is 4. The summed E-state index contributed by atoms with van der Waals surface area (Å²) >= 11 is 3.38. The largest absolute Gasteiger partial charge is 0.488 e. The van der Waals surface area contributed by atoms with Crippen molar-refractivity contribution in [2.75, 3.05) is 0 Å². The molecule has 0 aliphatic carbocycles. The molecule has 4 nitrogen and oxygen atoms in total. The molecule has 0 saturated heterocycles. The second kappa shape index (κ2) is 6.51. The van der Waals surface area contributed by atoms with E-state index in [1.165, 1.54) is 0 Å². The van der Waals surface area contributed by atoms with E-state index in [4.69, 9.17) is 10.00 Å². The molecule has 2 rings (SSSR count). The van der Waals surface area contributed by atoms with Gasteiger partial charge in [0.05, 0.1) is 6.10 Å². The minimum Gasteiger partial charge on any atom is -0.488 e. The Labute approximate surface area is 125 Å². The minimum atomic E-state index is -0.606. The van der Waals surface area contributed by atoms with Crippen LogP contribution in [-0.4, -0.2) is 10.1 Å². The molecular formula is C15H13BrN2O2. The number of pyridine rings is 1. The van der Waals surface area contributed by atoms with Crippen molar-refractivity contribution >= 4 is 15.9 Å². The van der Waals surface area contributed by atoms with E-state index in [0.29, 0.717) is 18.1 Å². The molecule has 0 aliphatic heterocycles. The SMILES string of the molecule is C[C@@H](O)c1ccc(Br)cc1OCc1ccnc(C#N)c1. The molecule has 102 valence electrons. The van der Waals surface area contributed by atoms with Crippen LogP contribution in [0.25, 0.3) is 0 Å². The van der Waals surface area contributed by atoms with E-state index in [2.05, 4.69) is 20.9 Å². The fraction of sp³-hybridized carbons (Fsp3) is 0.200. The highest BCUT2D eigenvalue weighted by atomic mass is 79.9. The number of aromatic nitrogens is 1. The fourth-order valence-corrected chi connectivity index (χ4v) is 2.10. The quantitative estimate of drug-likeness (QED) is 0.932. The monoisotopic (exact) mass is 332 g/mol. The van der Waals surface area contributed by atoms with Gasteiger partial charge in [0.1, 0.15) is 24.1 Å². The van der Waals surface area contributed by atoms with Gasteiger partial charge in [-0.3, -0.25) is 0 Å². The van der Waals surface area contributed by atoms with Crippen molar-refractivity contribution in [3.05, 3.63) is 57.8 Å². The number of nitrogens with zero attached hydrogens (tertiary/aromatic N) is 2. The third-order valence-corrected chi connectivity index (χ3v) is 3.25. The predicted molar refractivity (Wildman–Crippen MR) is 78.1 cm³/mol. The Bertz CT molecular complexity index is 651. The maximum atomic E-state index is 9.73. The van der Waals surface area contributed by atoms with Crippen LogP contribution in [0.3, 0.4) is 0 Å². The Balaban J connectivity index is 2.18. The molecule has 1 N–H and O–H groups in total. The lowest BCUT2D eigenvalue weighted by Gasteiger charge is -2.14. The first-order chi connectivity index (χ1) is 9.60. The number of aliphatic hydroxyl groups is 1. The molecule has 5 heteroatoms.